The van der Waals surface area contributed by atoms with Crippen molar-refractivity contribution in [3.05, 3.63) is 107 Å². The minimum absolute atomic E-state index is 0.227. The second-order valence-electron chi connectivity index (χ2n) is 11.3. The first-order valence-corrected chi connectivity index (χ1v) is 16.2. The number of rotatable bonds is 14. The maximum Gasteiger partial charge on any atom is 0.282 e. The van der Waals surface area contributed by atoms with Crippen LogP contribution < -0.4 is 28.4 Å². The maximum atomic E-state index is 13.7. The summed E-state index contributed by atoms with van der Waals surface area (Å²) in [7, 11) is 6.29. The second kappa shape index (κ2) is 16.3. The third kappa shape index (κ3) is 7.77. The zero-order chi connectivity index (χ0) is 34.9. The van der Waals surface area contributed by atoms with Crippen LogP contribution in [-0.2, 0) is 4.74 Å². The van der Waals surface area contributed by atoms with Crippen molar-refractivity contribution in [3.63, 3.8) is 0 Å². The molecule has 10 heteroatoms. The quantitative estimate of drug-likeness (QED) is 0.104. The lowest BCUT2D eigenvalue weighted by atomic mass is 9.99. The van der Waals surface area contributed by atoms with Crippen LogP contribution in [0.3, 0.4) is 0 Å². The van der Waals surface area contributed by atoms with Gasteiger partial charge in [-0.25, -0.2) is 0 Å². The van der Waals surface area contributed by atoms with Crippen molar-refractivity contribution in [2.24, 2.45) is 0 Å². The number of methoxy groups -OCH3 is 4. The zero-order valence-electron chi connectivity index (χ0n) is 28.7. The molecule has 0 saturated carbocycles. The van der Waals surface area contributed by atoms with Gasteiger partial charge in [0.25, 0.3) is 5.91 Å². The van der Waals surface area contributed by atoms with Crippen LogP contribution in [-0.4, -0.2) is 51.2 Å². The highest BCUT2D eigenvalue weighted by atomic mass is 16.5. The number of hydrogen-bond acceptors (Lipinski definition) is 9. The number of carbonyl (C=O) groups is 1. The van der Waals surface area contributed by atoms with Crippen molar-refractivity contribution in [1.82, 2.24) is 5.06 Å². The fourth-order valence-electron chi connectivity index (χ4n) is 5.86. The van der Waals surface area contributed by atoms with Gasteiger partial charge in [-0.3, -0.25) is 10.0 Å². The van der Waals surface area contributed by atoms with E-state index < -0.39 is 5.91 Å². The molecule has 1 fully saturated rings. The molecule has 5 rings (SSSR count). The van der Waals surface area contributed by atoms with Crippen molar-refractivity contribution in [2.45, 2.75) is 45.3 Å². The van der Waals surface area contributed by atoms with E-state index in [0.29, 0.717) is 63.9 Å². The Morgan fingerprint density at radius 3 is 1.96 bits per heavy atom. The summed E-state index contributed by atoms with van der Waals surface area (Å²) >= 11 is 0. The van der Waals surface area contributed by atoms with Crippen LogP contribution in [0.15, 0.2) is 84.9 Å². The Morgan fingerprint density at radius 1 is 0.796 bits per heavy atom. The molecule has 0 spiro atoms. The van der Waals surface area contributed by atoms with Gasteiger partial charge in [-0.05, 0) is 91.9 Å². The molecule has 0 aliphatic carbocycles. The first kappa shape index (κ1) is 35.1. The van der Waals surface area contributed by atoms with Crippen LogP contribution in [0, 0.1) is 0 Å². The Balaban J connectivity index is 1.46. The number of carbonyl (C=O) groups excluding carboxylic acids is 1. The number of amides is 1. The number of hydroxylamine groups is 2. The number of nitrogens with zero attached hydrogens (tertiary/aromatic N) is 1. The predicted molar refractivity (Wildman–Crippen MR) is 185 cm³/mol. The fourth-order valence-corrected chi connectivity index (χ4v) is 5.86. The topological polar surface area (TPSA) is 105 Å². The van der Waals surface area contributed by atoms with Crippen LogP contribution in [0.4, 0.5) is 0 Å². The van der Waals surface area contributed by atoms with Gasteiger partial charge in [-0.2, -0.15) is 5.06 Å². The standard InChI is InChI=1S/C39H43NO9/c1-7-19-47-37-30(31(8-2)40(42)39(41)25-13-12-16-29(20-25)48-28-14-10-9-11-15-28)21-26(22-34(37)43-3)32-17-18-33(49-32)27-23-35(44-4)38(46-6)36(24-27)45-5/h8-16,20-24,32-33,42H,7,17-19H2,1-6H3. The summed E-state index contributed by atoms with van der Waals surface area (Å²) in [5.74, 6) is 2.93. The van der Waals surface area contributed by atoms with Crippen molar-refractivity contribution < 1.29 is 43.2 Å². The van der Waals surface area contributed by atoms with Crippen LogP contribution in [0.1, 0.15) is 72.4 Å². The van der Waals surface area contributed by atoms with Crippen LogP contribution in [0.25, 0.3) is 5.70 Å². The van der Waals surface area contributed by atoms with E-state index >= 15 is 0 Å². The van der Waals surface area contributed by atoms with Gasteiger partial charge in [0.05, 0.1) is 53.0 Å². The van der Waals surface area contributed by atoms with E-state index in [-0.39, 0.29) is 23.5 Å². The molecule has 49 heavy (non-hydrogen) atoms. The van der Waals surface area contributed by atoms with Crippen LogP contribution >= 0.6 is 0 Å². The summed E-state index contributed by atoms with van der Waals surface area (Å²) in [6.07, 6.45) is 3.29. The molecule has 4 aromatic rings. The molecule has 10 nitrogen and oxygen atoms in total. The van der Waals surface area contributed by atoms with E-state index in [2.05, 4.69) is 0 Å². The summed E-state index contributed by atoms with van der Waals surface area (Å²) in [5, 5.41) is 12.1. The average Bonchev–Trinajstić information content (AvgIpc) is 3.64. The lowest BCUT2D eigenvalue weighted by Gasteiger charge is -2.24. The Bertz CT molecular complexity index is 1750. The molecule has 1 N–H and O–H groups in total. The minimum atomic E-state index is -0.642. The zero-order valence-corrected chi connectivity index (χ0v) is 28.7. The lowest BCUT2D eigenvalue weighted by molar-refractivity contribution is -0.0114. The van der Waals surface area contributed by atoms with Crippen molar-refractivity contribution in [2.75, 3.05) is 35.0 Å². The Labute approximate surface area is 287 Å². The van der Waals surface area contributed by atoms with Crippen molar-refractivity contribution >= 4 is 11.6 Å². The van der Waals surface area contributed by atoms with Gasteiger partial charge in [0.1, 0.15) is 11.5 Å². The van der Waals surface area contributed by atoms with Gasteiger partial charge in [0, 0.05) is 11.1 Å². The maximum absolute atomic E-state index is 13.7. The molecule has 1 aliphatic heterocycles. The molecule has 2 atom stereocenters. The van der Waals surface area contributed by atoms with Gasteiger partial charge in [0.2, 0.25) is 5.75 Å². The van der Waals surface area contributed by atoms with E-state index in [1.165, 1.54) is 0 Å². The molecule has 258 valence electrons. The molecule has 1 saturated heterocycles. The Kier molecular flexibility index (Phi) is 11.7. The van der Waals surface area contributed by atoms with E-state index in [4.69, 9.17) is 33.2 Å². The van der Waals surface area contributed by atoms with Crippen molar-refractivity contribution in [3.8, 4) is 40.2 Å². The van der Waals surface area contributed by atoms with Crippen molar-refractivity contribution in [1.29, 1.82) is 0 Å². The van der Waals surface area contributed by atoms with E-state index in [1.807, 2.05) is 61.5 Å². The largest absolute Gasteiger partial charge is 0.493 e. The third-order valence-corrected chi connectivity index (χ3v) is 8.23. The molecule has 0 bridgehead atoms. The van der Waals surface area contributed by atoms with E-state index in [9.17, 15) is 10.0 Å². The molecule has 0 radical (unpaired) electrons. The SMILES string of the molecule is CC=C(c1cc(C2CCC(c3cc(OC)c(OC)c(OC)c3)O2)cc(OC)c1OCCC)N(O)C(=O)c1cccc(Oc2ccccc2)c1. The smallest absolute Gasteiger partial charge is 0.282 e. The molecule has 1 heterocycles. The van der Waals surface area contributed by atoms with Crippen LogP contribution in [0.2, 0.25) is 0 Å². The summed E-state index contributed by atoms with van der Waals surface area (Å²) < 4.78 is 41.2. The van der Waals surface area contributed by atoms with E-state index in [1.54, 1.807) is 65.7 Å². The van der Waals surface area contributed by atoms with Gasteiger partial charge in [-0.1, -0.05) is 37.3 Å². The lowest BCUT2D eigenvalue weighted by Crippen LogP contribution is -2.26. The summed E-state index contributed by atoms with van der Waals surface area (Å²) in [5.41, 5.74) is 2.65. The van der Waals surface area contributed by atoms with Gasteiger partial charge in [0.15, 0.2) is 23.0 Å². The summed E-state index contributed by atoms with van der Waals surface area (Å²) in [4.78, 5) is 13.7. The highest BCUT2D eigenvalue weighted by molar-refractivity contribution is 5.99. The molecular weight excluding hydrogens is 626 g/mol. The second-order valence-corrected chi connectivity index (χ2v) is 11.3. The minimum Gasteiger partial charge on any atom is -0.493 e. The molecule has 0 aromatic heterocycles. The van der Waals surface area contributed by atoms with Gasteiger partial charge < -0.3 is 33.2 Å². The number of benzene rings is 4. The monoisotopic (exact) mass is 669 g/mol. The van der Waals surface area contributed by atoms with E-state index in [0.717, 1.165) is 24.0 Å². The van der Waals surface area contributed by atoms with Crippen LogP contribution in [0.5, 0.6) is 40.2 Å². The fraction of sp³-hybridized carbons (Fsp3) is 0.308. The summed E-state index contributed by atoms with van der Waals surface area (Å²) in [6, 6.07) is 23.5. The van der Waals surface area contributed by atoms with Gasteiger partial charge >= 0.3 is 0 Å². The highest BCUT2D eigenvalue weighted by Gasteiger charge is 2.32. The third-order valence-electron chi connectivity index (χ3n) is 8.23. The average molecular weight is 670 g/mol. The highest BCUT2D eigenvalue weighted by Crippen LogP contribution is 2.48. The number of allylic oxidation sites excluding steroid dienone is 1. The molecular formula is C39H43NO9. The predicted octanol–water partition coefficient (Wildman–Crippen LogP) is 8.79. The number of para-hydroxylation sites is 1. The van der Waals surface area contributed by atoms with Gasteiger partial charge in [-0.15, -0.1) is 0 Å². The molecule has 1 aliphatic rings. The summed E-state index contributed by atoms with van der Waals surface area (Å²) in [6.45, 7) is 4.15. The normalized spacial score (nSPS) is 15.8. The molecule has 2 unspecified atom stereocenters. The Hall–Kier alpha value is -5.19. The molecule has 1 amide bonds. The number of hydrogen-bond donors (Lipinski definition) is 1. The number of ether oxygens (including phenoxy) is 7. The first-order chi connectivity index (χ1) is 23.8. The first-order valence-electron chi connectivity index (χ1n) is 16.2. The Morgan fingerprint density at radius 2 is 1.39 bits per heavy atom. The molecule has 4 aromatic carbocycles.